The van der Waals surface area contributed by atoms with Gasteiger partial charge in [0.05, 0.1) is 11.7 Å². The van der Waals surface area contributed by atoms with Crippen molar-refractivity contribution in [2.24, 2.45) is 18.7 Å². The van der Waals surface area contributed by atoms with Crippen LogP contribution in [-0.4, -0.2) is 49.7 Å². The number of hydrogen-bond acceptors (Lipinski definition) is 5. The largest absolute Gasteiger partial charge is 0.364 e. The number of carbonyl (C=O) groups excluding carboxylic acids is 1. The number of primary amides is 1. The Morgan fingerprint density at radius 1 is 1.31 bits per heavy atom. The lowest BCUT2D eigenvalue weighted by Crippen LogP contribution is -2.38. The average Bonchev–Trinajstić information content (AvgIpc) is 3.48. The van der Waals surface area contributed by atoms with Crippen LogP contribution in [0, 0.1) is 5.92 Å². The first-order valence-electron chi connectivity index (χ1n) is 10.1. The Balaban J connectivity index is 1.48. The predicted molar refractivity (Wildman–Crippen MR) is 117 cm³/mol. The summed E-state index contributed by atoms with van der Waals surface area (Å²) >= 11 is 2.14. The Labute approximate surface area is 174 Å². The summed E-state index contributed by atoms with van der Waals surface area (Å²) in [4.78, 5) is 19.0. The van der Waals surface area contributed by atoms with E-state index in [0.29, 0.717) is 0 Å². The highest BCUT2D eigenvalue weighted by Crippen LogP contribution is 2.41. The Morgan fingerprint density at radius 2 is 2.17 bits per heavy atom. The fraction of sp³-hybridized carbons (Fsp3) is 0.409. The Kier molecular flexibility index (Phi) is 4.80. The van der Waals surface area contributed by atoms with Gasteiger partial charge in [-0.1, -0.05) is 12.1 Å². The number of benzene rings is 1. The van der Waals surface area contributed by atoms with E-state index in [4.69, 9.17) is 5.73 Å². The molecule has 1 aliphatic carbocycles. The number of fused-ring (bicyclic) bond motifs is 1. The van der Waals surface area contributed by atoms with E-state index >= 15 is 0 Å². The fourth-order valence-electron chi connectivity index (χ4n) is 4.18. The molecule has 0 radical (unpaired) electrons. The summed E-state index contributed by atoms with van der Waals surface area (Å²) in [5.74, 6) is 1.63. The van der Waals surface area contributed by atoms with Gasteiger partial charge in [0.15, 0.2) is 0 Å². The molecule has 1 saturated heterocycles. The minimum atomic E-state index is -0.511. The molecule has 2 N–H and O–H groups in total. The van der Waals surface area contributed by atoms with Gasteiger partial charge in [0.2, 0.25) is 0 Å². The second-order valence-corrected chi connectivity index (χ2v) is 9.50. The number of rotatable bonds is 5. The van der Waals surface area contributed by atoms with Gasteiger partial charge in [0.25, 0.3) is 5.91 Å². The standard InChI is InChI=1S/C22H25N5OS/c1-26-12-16(10-24-26)18-9-20(22(23)28)25-19-8-14(2-5-17(18)19)11-27-6-7-29-21(13-27)15-3-4-15/h2,5,8-10,12,15,21H,3-4,6-7,11,13H2,1H3,(H2,23,28). The Bertz CT molecular complexity index is 1070. The highest BCUT2D eigenvalue weighted by Gasteiger charge is 2.34. The van der Waals surface area contributed by atoms with Crippen LogP contribution in [0.1, 0.15) is 28.9 Å². The molecule has 0 bridgehead atoms. The minimum absolute atomic E-state index is 0.289. The summed E-state index contributed by atoms with van der Waals surface area (Å²) in [6.07, 6.45) is 6.55. The molecule has 3 aromatic rings. The quantitative estimate of drug-likeness (QED) is 0.703. The summed E-state index contributed by atoms with van der Waals surface area (Å²) < 4.78 is 1.75. The smallest absolute Gasteiger partial charge is 0.267 e. The van der Waals surface area contributed by atoms with Gasteiger partial charge in [-0.15, -0.1) is 0 Å². The summed E-state index contributed by atoms with van der Waals surface area (Å²) in [6, 6.07) is 8.17. The topological polar surface area (TPSA) is 77.0 Å². The van der Waals surface area contributed by atoms with Crippen LogP contribution in [0.5, 0.6) is 0 Å². The SMILES string of the molecule is Cn1cc(-c2cc(C(N)=O)nc3cc(CN4CCSC(C5CC5)C4)ccc23)cn1. The molecule has 0 spiro atoms. The lowest BCUT2D eigenvalue weighted by molar-refractivity contribution is 0.0996. The number of carbonyl (C=O) groups is 1. The Morgan fingerprint density at radius 3 is 2.90 bits per heavy atom. The molecular weight excluding hydrogens is 382 g/mol. The van der Waals surface area contributed by atoms with Crippen molar-refractivity contribution in [2.45, 2.75) is 24.6 Å². The van der Waals surface area contributed by atoms with Crippen LogP contribution in [0.4, 0.5) is 0 Å². The molecular formula is C22H25N5OS. The van der Waals surface area contributed by atoms with Crippen molar-refractivity contribution in [1.82, 2.24) is 19.7 Å². The van der Waals surface area contributed by atoms with Gasteiger partial charge in [-0.2, -0.15) is 16.9 Å². The zero-order valence-corrected chi connectivity index (χ0v) is 17.4. The third kappa shape index (κ3) is 3.89. The highest BCUT2D eigenvalue weighted by molar-refractivity contribution is 8.00. The van der Waals surface area contributed by atoms with Crippen LogP contribution < -0.4 is 5.73 Å². The van der Waals surface area contributed by atoms with E-state index < -0.39 is 5.91 Å². The molecule has 1 unspecified atom stereocenters. The molecule has 5 rings (SSSR count). The van der Waals surface area contributed by atoms with Gasteiger partial charge < -0.3 is 5.73 Å². The van der Waals surface area contributed by atoms with Crippen molar-refractivity contribution in [3.8, 4) is 11.1 Å². The summed E-state index contributed by atoms with van der Waals surface area (Å²) in [7, 11) is 1.88. The van der Waals surface area contributed by atoms with Crippen molar-refractivity contribution in [1.29, 1.82) is 0 Å². The molecule has 1 aliphatic heterocycles. The fourth-order valence-corrected chi connectivity index (χ4v) is 5.71. The number of nitrogens with zero attached hydrogens (tertiary/aromatic N) is 4. The second kappa shape index (κ2) is 7.46. The normalized spacial score (nSPS) is 20.2. The number of hydrogen-bond donors (Lipinski definition) is 1. The van der Waals surface area contributed by atoms with Gasteiger partial charge >= 0.3 is 0 Å². The first-order valence-corrected chi connectivity index (χ1v) is 11.2. The zero-order valence-electron chi connectivity index (χ0n) is 16.5. The van der Waals surface area contributed by atoms with E-state index in [2.05, 4.69) is 44.9 Å². The second-order valence-electron chi connectivity index (χ2n) is 8.16. The Hall–Kier alpha value is -2.38. The molecule has 7 heteroatoms. The van der Waals surface area contributed by atoms with Crippen molar-refractivity contribution in [3.63, 3.8) is 0 Å². The van der Waals surface area contributed by atoms with Crippen molar-refractivity contribution in [3.05, 3.63) is 47.9 Å². The van der Waals surface area contributed by atoms with Gasteiger partial charge in [-0.05, 0) is 42.0 Å². The lowest BCUT2D eigenvalue weighted by atomic mass is 10.0. The van der Waals surface area contributed by atoms with E-state index in [1.165, 1.54) is 30.7 Å². The molecule has 1 atom stereocenters. The molecule has 2 aromatic heterocycles. The van der Waals surface area contributed by atoms with Gasteiger partial charge in [0.1, 0.15) is 5.69 Å². The van der Waals surface area contributed by atoms with Crippen molar-refractivity contribution >= 4 is 28.6 Å². The molecule has 29 heavy (non-hydrogen) atoms. The average molecular weight is 408 g/mol. The van der Waals surface area contributed by atoms with Crippen molar-refractivity contribution < 1.29 is 4.79 Å². The molecule has 2 fully saturated rings. The van der Waals surface area contributed by atoms with Crippen LogP contribution in [0.2, 0.25) is 0 Å². The third-order valence-electron chi connectivity index (χ3n) is 5.87. The van der Waals surface area contributed by atoms with Gasteiger partial charge in [-0.25, -0.2) is 4.98 Å². The van der Waals surface area contributed by atoms with E-state index in [-0.39, 0.29) is 5.69 Å². The molecule has 3 heterocycles. The maximum Gasteiger partial charge on any atom is 0.267 e. The number of pyridine rings is 1. The molecule has 1 saturated carbocycles. The predicted octanol–water partition coefficient (Wildman–Crippen LogP) is 3.06. The molecule has 1 aromatic carbocycles. The monoisotopic (exact) mass is 407 g/mol. The third-order valence-corrected chi connectivity index (χ3v) is 7.25. The van der Waals surface area contributed by atoms with E-state index in [9.17, 15) is 4.79 Å². The maximum absolute atomic E-state index is 11.9. The first-order chi connectivity index (χ1) is 14.1. The van der Waals surface area contributed by atoms with Crippen LogP contribution >= 0.6 is 11.8 Å². The number of nitrogens with two attached hydrogens (primary N) is 1. The van der Waals surface area contributed by atoms with Gasteiger partial charge in [0, 0.05) is 54.8 Å². The van der Waals surface area contributed by atoms with Crippen LogP contribution in [0.25, 0.3) is 22.0 Å². The number of aromatic nitrogens is 3. The number of amides is 1. The van der Waals surface area contributed by atoms with E-state index in [0.717, 1.165) is 46.3 Å². The molecule has 1 amide bonds. The summed E-state index contributed by atoms with van der Waals surface area (Å²) in [6.45, 7) is 3.22. The van der Waals surface area contributed by atoms with Crippen LogP contribution in [0.15, 0.2) is 36.7 Å². The lowest BCUT2D eigenvalue weighted by Gasteiger charge is -2.32. The molecule has 150 valence electrons. The van der Waals surface area contributed by atoms with Crippen molar-refractivity contribution in [2.75, 3.05) is 18.8 Å². The molecule has 2 aliphatic rings. The number of thioether (sulfide) groups is 1. The van der Waals surface area contributed by atoms with E-state index in [1.54, 1.807) is 16.9 Å². The van der Waals surface area contributed by atoms with Crippen LogP contribution in [-0.2, 0) is 13.6 Å². The minimum Gasteiger partial charge on any atom is -0.364 e. The highest BCUT2D eigenvalue weighted by atomic mass is 32.2. The maximum atomic E-state index is 11.9. The zero-order chi connectivity index (χ0) is 20.0. The summed E-state index contributed by atoms with van der Waals surface area (Å²) in [5.41, 5.74) is 9.78. The van der Waals surface area contributed by atoms with Gasteiger partial charge in [-0.3, -0.25) is 14.4 Å². The van der Waals surface area contributed by atoms with Crippen LogP contribution in [0.3, 0.4) is 0 Å². The van der Waals surface area contributed by atoms with E-state index in [1.807, 2.05) is 13.2 Å². The number of aryl methyl sites for hydroxylation is 1. The molecule has 6 nitrogen and oxygen atoms in total. The summed E-state index contributed by atoms with van der Waals surface area (Å²) in [5, 5.41) is 6.07. The first kappa shape index (κ1) is 18.6.